The maximum Gasteiger partial charge on any atom is 0.226 e. The number of para-hydroxylation sites is 1. The Kier molecular flexibility index (Phi) is 5.46. The van der Waals surface area contributed by atoms with E-state index >= 15 is 0 Å². The van der Waals surface area contributed by atoms with E-state index in [-0.39, 0.29) is 5.91 Å². The summed E-state index contributed by atoms with van der Waals surface area (Å²) in [5.74, 6) is 0.723. The van der Waals surface area contributed by atoms with Gasteiger partial charge in [0.2, 0.25) is 5.91 Å². The van der Waals surface area contributed by atoms with Crippen molar-refractivity contribution in [1.29, 1.82) is 0 Å². The highest BCUT2D eigenvalue weighted by Gasteiger charge is 2.04. The summed E-state index contributed by atoms with van der Waals surface area (Å²) >= 11 is 5.98. The van der Waals surface area contributed by atoms with Gasteiger partial charge in [0.1, 0.15) is 5.75 Å². The zero-order valence-electron chi connectivity index (χ0n) is 11.7. The Bertz CT molecular complexity index is 599. The number of carbonyl (C=O) groups excluding carboxylic acids is 1. The van der Waals surface area contributed by atoms with Gasteiger partial charge >= 0.3 is 0 Å². The van der Waals surface area contributed by atoms with Crippen molar-refractivity contribution in [2.45, 2.75) is 6.42 Å². The summed E-state index contributed by atoms with van der Waals surface area (Å²) in [5, 5.41) is 6.50. The van der Waals surface area contributed by atoms with Gasteiger partial charge in [-0.1, -0.05) is 23.7 Å². The number of nitrogens with one attached hydrogen (secondary N) is 2. The largest absolute Gasteiger partial charge is 0.497 e. The lowest BCUT2D eigenvalue weighted by Crippen LogP contribution is -2.16. The summed E-state index contributed by atoms with van der Waals surface area (Å²) in [6, 6.07) is 14.7. The highest BCUT2D eigenvalue weighted by molar-refractivity contribution is 6.33. The van der Waals surface area contributed by atoms with Crippen molar-refractivity contribution in [3.05, 3.63) is 53.6 Å². The number of rotatable bonds is 6. The third kappa shape index (κ3) is 4.68. The van der Waals surface area contributed by atoms with E-state index in [0.717, 1.165) is 11.4 Å². The van der Waals surface area contributed by atoms with Gasteiger partial charge in [0.25, 0.3) is 0 Å². The fourth-order valence-corrected chi connectivity index (χ4v) is 1.99. The summed E-state index contributed by atoms with van der Waals surface area (Å²) < 4.78 is 5.09. The van der Waals surface area contributed by atoms with Gasteiger partial charge in [0, 0.05) is 18.7 Å². The molecule has 0 saturated heterocycles. The average Bonchev–Trinajstić information content (AvgIpc) is 2.50. The predicted octanol–water partition coefficient (Wildman–Crippen LogP) is 3.79. The normalized spacial score (nSPS) is 10.0. The van der Waals surface area contributed by atoms with Crippen LogP contribution in [0, 0.1) is 0 Å². The van der Waals surface area contributed by atoms with Crippen LogP contribution in [0.1, 0.15) is 6.42 Å². The SMILES string of the molecule is COc1ccc(NCCC(=O)Nc2ccccc2Cl)cc1. The molecule has 0 unspecified atom stereocenters. The number of benzene rings is 2. The lowest BCUT2D eigenvalue weighted by Gasteiger charge is -2.09. The molecule has 21 heavy (non-hydrogen) atoms. The molecule has 1 amide bonds. The highest BCUT2D eigenvalue weighted by Crippen LogP contribution is 2.20. The van der Waals surface area contributed by atoms with Crippen LogP contribution in [0.2, 0.25) is 5.02 Å². The van der Waals surface area contributed by atoms with Crippen LogP contribution < -0.4 is 15.4 Å². The van der Waals surface area contributed by atoms with Crippen molar-refractivity contribution < 1.29 is 9.53 Å². The molecule has 0 fully saturated rings. The molecule has 0 bridgehead atoms. The van der Waals surface area contributed by atoms with E-state index in [1.165, 1.54) is 0 Å². The molecular weight excluding hydrogens is 288 g/mol. The molecule has 0 heterocycles. The third-order valence-corrected chi connectivity index (χ3v) is 3.25. The summed E-state index contributed by atoms with van der Waals surface area (Å²) in [4.78, 5) is 11.8. The molecule has 0 spiro atoms. The van der Waals surface area contributed by atoms with Crippen LogP contribution in [0.5, 0.6) is 5.75 Å². The van der Waals surface area contributed by atoms with Crippen molar-refractivity contribution >= 4 is 28.9 Å². The number of carbonyl (C=O) groups is 1. The smallest absolute Gasteiger partial charge is 0.226 e. The lowest BCUT2D eigenvalue weighted by molar-refractivity contribution is -0.115. The summed E-state index contributed by atoms with van der Waals surface area (Å²) in [7, 11) is 1.63. The van der Waals surface area contributed by atoms with Crippen molar-refractivity contribution in [3.8, 4) is 5.75 Å². The molecule has 0 aromatic heterocycles. The fourth-order valence-electron chi connectivity index (χ4n) is 1.80. The molecule has 2 rings (SSSR count). The number of ether oxygens (including phenoxy) is 1. The van der Waals surface area contributed by atoms with E-state index in [9.17, 15) is 4.79 Å². The first-order chi connectivity index (χ1) is 10.2. The Morgan fingerprint density at radius 3 is 2.52 bits per heavy atom. The molecule has 4 nitrogen and oxygen atoms in total. The second-order valence-electron chi connectivity index (χ2n) is 4.43. The maximum absolute atomic E-state index is 11.8. The van der Waals surface area contributed by atoms with E-state index < -0.39 is 0 Å². The van der Waals surface area contributed by atoms with E-state index in [1.807, 2.05) is 36.4 Å². The van der Waals surface area contributed by atoms with Gasteiger partial charge < -0.3 is 15.4 Å². The van der Waals surface area contributed by atoms with Gasteiger partial charge in [-0.05, 0) is 36.4 Å². The van der Waals surface area contributed by atoms with Crippen LogP contribution in [0.15, 0.2) is 48.5 Å². The number of anilines is 2. The number of methoxy groups -OCH3 is 1. The molecule has 110 valence electrons. The number of hydrogen-bond donors (Lipinski definition) is 2. The Morgan fingerprint density at radius 2 is 1.86 bits per heavy atom. The topological polar surface area (TPSA) is 50.4 Å². The number of hydrogen-bond acceptors (Lipinski definition) is 3. The van der Waals surface area contributed by atoms with E-state index in [1.54, 1.807) is 19.2 Å². The minimum absolute atomic E-state index is 0.0795. The first kappa shape index (κ1) is 15.2. The summed E-state index contributed by atoms with van der Waals surface area (Å²) in [6.07, 6.45) is 0.358. The highest BCUT2D eigenvalue weighted by atomic mass is 35.5. The van der Waals surface area contributed by atoms with Gasteiger partial charge in [0.15, 0.2) is 0 Å². The van der Waals surface area contributed by atoms with Crippen LogP contribution in [0.4, 0.5) is 11.4 Å². The van der Waals surface area contributed by atoms with Crippen molar-refractivity contribution in [3.63, 3.8) is 0 Å². The molecule has 0 radical (unpaired) electrons. The van der Waals surface area contributed by atoms with Crippen molar-refractivity contribution in [2.75, 3.05) is 24.3 Å². The second-order valence-corrected chi connectivity index (χ2v) is 4.84. The van der Waals surface area contributed by atoms with Crippen molar-refractivity contribution in [2.24, 2.45) is 0 Å². The zero-order chi connectivity index (χ0) is 15.1. The van der Waals surface area contributed by atoms with Gasteiger partial charge in [0.05, 0.1) is 17.8 Å². The van der Waals surface area contributed by atoms with Crippen LogP contribution >= 0.6 is 11.6 Å². The van der Waals surface area contributed by atoms with Gasteiger partial charge in [-0.15, -0.1) is 0 Å². The van der Waals surface area contributed by atoms with E-state index in [4.69, 9.17) is 16.3 Å². The number of amides is 1. The molecule has 0 saturated carbocycles. The minimum Gasteiger partial charge on any atom is -0.497 e. The number of halogens is 1. The minimum atomic E-state index is -0.0795. The molecule has 2 aromatic rings. The van der Waals surface area contributed by atoms with Crippen LogP contribution in [-0.4, -0.2) is 19.6 Å². The van der Waals surface area contributed by atoms with Gasteiger partial charge in [-0.25, -0.2) is 0 Å². The fraction of sp³-hybridized carbons (Fsp3) is 0.188. The predicted molar refractivity (Wildman–Crippen MR) is 86.2 cm³/mol. The standard InChI is InChI=1S/C16H17ClN2O2/c1-21-13-8-6-12(7-9-13)18-11-10-16(20)19-15-5-3-2-4-14(15)17/h2-9,18H,10-11H2,1H3,(H,19,20). The summed E-state index contributed by atoms with van der Waals surface area (Å²) in [5.41, 5.74) is 1.58. The maximum atomic E-state index is 11.8. The monoisotopic (exact) mass is 304 g/mol. The van der Waals surface area contributed by atoms with Crippen LogP contribution in [0.25, 0.3) is 0 Å². The van der Waals surface area contributed by atoms with Gasteiger partial charge in [-0.2, -0.15) is 0 Å². The summed E-state index contributed by atoms with van der Waals surface area (Å²) in [6.45, 7) is 0.544. The quantitative estimate of drug-likeness (QED) is 0.853. The molecule has 5 heteroatoms. The molecule has 2 N–H and O–H groups in total. The molecule has 0 atom stereocenters. The van der Waals surface area contributed by atoms with Crippen LogP contribution in [-0.2, 0) is 4.79 Å². The van der Waals surface area contributed by atoms with Gasteiger partial charge in [-0.3, -0.25) is 4.79 Å². The Balaban J connectivity index is 1.77. The van der Waals surface area contributed by atoms with E-state index in [2.05, 4.69) is 10.6 Å². The van der Waals surface area contributed by atoms with E-state index in [0.29, 0.717) is 23.7 Å². The molecular formula is C16H17ClN2O2. The Labute approximate surface area is 129 Å². The molecule has 2 aromatic carbocycles. The average molecular weight is 305 g/mol. The first-order valence-corrected chi connectivity index (χ1v) is 6.99. The molecule has 0 aliphatic heterocycles. The molecule has 0 aliphatic carbocycles. The van der Waals surface area contributed by atoms with Crippen LogP contribution in [0.3, 0.4) is 0 Å². The second kappa shape index (κ2) is 7.55. The molecule has 0 aliphatic rings. The third-order valence-electron chi connectivity index (χ3n) is 2.92. The Hall–Kier alpha value is -2.20. The zero-order valence-corrected chi connectivity index (χ0v) is 12.5. The van der Waals surface area contributed by atoms with Crippen molar-refractivity contribution in [1.82, 2.24) is 0 Å². The lowest BCUT2D eigenvalue weighted by atomic mass is 10.3. The first-order valence-electron chi connectivity index (χ1n) is 6.61. The Morgan fingerprint density at radius 1 is 1.14 bits per heavy atom.